The third kappa shape index (κ3) is 2.87. The molecule has 2 amide bonds. The summed E-state index contributed by atoms with van der Waals surface area (Å²) in [5.41, 5.74) is 0.889. The summed E-state index contributed by atoms with van der Waals surface area (Å²) in [6.45, 7) is 2.04. The molecule has 1 N–H and O–H groups in total. The number of esters is 1. The first kappa shape index (κ1) is 14.7. The SMILES string of the molecule is CCOC(=O)c1ccc(N2C(=O)C[C@H](NC3CC3)C2=O)cc1. The fraction of sp³-hybridized carbons (Fsp3) is 0.438. The molecule has 116 valence electrons. The van der Waals surface area contributed by atoms with Crippen LogP contribution in [0.15, 0.2) is 24.3 Å². The topological polar surface area (TPSA) is 75.7 Å². The van der Waals surface area contributed by atoms with Gasteiger partial charge in [-0.1, -0.05) is 0 Å². The Morgan fingerprint density at radius 1 is 1.27 bits per heavy atom. The van der Waals surface area contributed by atoms with Gasteiger partial charge in [-0.25, -0.2) is 9.69 Å². The largest absolute Gasteiger partial charge is 0.462 e. The van der Waals surface area contributed by atoms with E-state index in [1.165, 1.54) is 4.90 Å². The molecule has 0 aromatic heterocycles. The number of carbonyl (C=O) groups excluding carboxylic acids is 3. The smallest absolute Gasteiger partial charge is 0.338 e. The molecular formula is C16H18N2O4. The molecule has 1 atom stereocenters. The third-order valence-electron chi connectivity index (χ3n) is 3.80. The number of nitrogens with one attached hydrogen (secondary N) is 1. The molecule has 1 aromatic carbocycles. The molecule has 6 heteroatoms. The van der Waals surface area contributed by atoms with Crippen molar-refractivity contribution < 1.29 is 19.1 Å². The molecule has 0 unspecified atom stereocenters. The third-order valence-corrected chi connectivity index (χ3v) is 3.80. The van der Waals surface area contributed by atoms with Gasteiger partial charge >= 0.3 is 5.97 Å². The fourth-order valence-corrected chi connectivity index (χ4v) is 2.53. The molecule has 1 saturated carbocycles. The van der Waals surface area contributed by atoms with Gasteiger partial charge in [-0.15, -0.1) is 0 Å². The van der Waals surface area contributed by atoms with Crippen LogP contribution < -0.4 is 10.2 Å². The molecule has 1 saturated heterocycles. The zero-order valence-corrected chi connectivity index (χ0v) is 12.4. The van der Waals surface area contributed by atoms with Crippen molar-refractivity contribution in [2.24, 2.45) is 0 Å². The molecular weight excluding hydrogens is 284 g/mol. The molecule has 2 fully saturated rings. The molecule has 1 heterocycles. The Bertz CT molecular complexity index is 607. The second-order valence-electron chi connectivity index (χ2n) is 5.53. The van der Waals surface area contributed by atoms with E-state index < -0.39 is 12.0 Å². The van der Waals surface area contributed by atoms with Crippen molar-refractivity contribution >= 4 is 23.5 Å². The Morgan fingerprint density at radius 2 is 1.95 bits per heavy atom. The van der Waals surface area contributed by atoms with Crippen molar-refractivity contribution in [2.75, 3.05) is 11.5 Å². The summed E-state index contributed by atoms with van der Waals surface area (Å²) >= 11 is 0. The van der Waals surface area contributed by atoms with E-state index in [4.69, 9.17) is 4.74 Å². The van der Waals surface area contributed by atoms with Gasteiger partial charge in [0.05, 0.1) is 30.3 Å². The van der Waals surface area contributed by atoms with Crippen LogP contribution >= 0.6 is 0 Å². The molecule has 0 spiro atoms. The monoisotopic (exact) mass is 302 g/mol. The Kier molecular flexibility index (Phi) is 3.94. The van der Waals surface area contributed by atoms with Crippen molar-refractivity contribution in [3.8, 4) is 0 Å². The maximum Gasteiger partial charge on any atom is 0.338 e. The predicted octanol–water partition coefficient (Wildman–Crippen LogP) is 1.25. The quantitative estimate of drug-likeness (QED) is 0.654. The lowest BCUT2D eigenvalue weighted by Gasteiger charge is -2.15. The normalized spacial score (nSPS) is 21.3. The number of anilines is 1. The summed E-state index contributed by atoms with van der Waals surface area (Å²) in [5, 5.41) is 3.19. The number of hydrogen-bond donors (Lipinski definition) is 1. The first-order valence-corrected chi connectivity index (χ1v) is 7.50. The minimum atomic E-state index is -0.426. The second kappa shape index (κ2) is 5.88. The van der Waals surface area contributed by atoms with Crippen molar-refractivity contribution in [1.82, 2.24) is 5.32 Å². The summed E-state index contributed by atoms with van der Waals surface area (Å²) in [4.78, 5) is 37.2. The first-order valence-electron chi connectivity index (χ1n) is 7.50. The minimum Gasteiger partial charge on any atom is -0.462 e. The molecule has 1 aliphatic carbocycles. The highest BCUT2D eigenvalue weighted by molar-refractivity contribution is 6.22. The van der Waals surface area contributed by atoms with Crippen molar-refractivity contribution in [2.45, 2.75) is 38.3 Å². The van der Waals surface area contributed by atoms with Gasteiger partial charge in [-0.3, -0.25) is 9.59 Å². The van der Waals surface area contributed by atoms with Gasteiger partial charge in [0.15, 0.2) is 0 Å². The summed E-state index contributed by atoms with van der Waals surface area (Å²) in [6, 6.07) is 6.27. The lowest BCUT2D eigenvalue weighted by Crippen LogP contribution is -2.39. The van der Waals surface area contributed by atoms with Gasteiger partial charge in [-0.2, -0.15) is 0 Å². The predicted molar refractivity (Wildman–Crippen MR) is 79.5 cm³/mol. The molecule has 1 aromatic rings. The van der Waals surface area contributed by atoms with Crippen LogP contribution in [0.5, 0.6) is 0 Å². The van der Waals surface area contributed by atoms with Crippen LogP contribution in [0.2, 0.25) is 0 Å². The van der Waals surface area contributed by atoms with E-state index in [2.05, 4.69) is 5.32 Å². The van der Waals surface area contributed by atoms with Gasteiger partial charge in [-0.05, 0) is 44.0 Å². The van der Waals surface area contributed by atoms with Gasteiger partial charge in [0.2, 0.25) is 5.91 Å². The van der Waals surface area contributed by atoms with Gasteiger partial charge < -0.3 is 10.1 Å². The maximum absolute atomic E-state index is 12.4. The van der Waals surface area contributed by atoms with Gasteiger partial charge in [0, 0.05) is 6.04 Å². The molecule has 0 bridgehead atoms. The zero-order chi connectivity index (χ0) is 15.7. The summed E-state index contributed by atoms with van der Waals surface area (Å²) in [5.74, 6) is -0.853. The average molecular weight is 302 g/mol. The van der Waals surface area contributed by atoms with Crippen LogP contribution in [-0.2, 0) is 14.3 Å². The molecule has 0 radical (unpaired) electrons. The standard InChI is InChI=1S/C16H18N2O4/c1-2-22-16(21)10-3-7-12(8-4-10)18-14(19)9-13(15(18)20)17-11-5-6-11/h3-4,7-8,11,13,17H,2,5-6,9H2,1H3/t13-/m0/s1. The molecule has 2 aliphatic rings. The summed E-state index contributed by atoms with van der Waals surface area (Å²) in [6.07, 6.45) is 2.31. The van der Waals surface area contributed by atoms with E-state index in [9.17, 15) is 14.4 Å². The van der Waals surface area contributed by atoms with E-state index in [-0.39, 0.29) is 18.2 Å². The van der Waals surface area contributed by atoms with Gasteiger partial charge in [0.25, 0.3) is 5.91 Å². The number of rotatable bonds is 5. The van der Waals surface area contributed by atoms with Crippen LogP contribution in [0.3, 0.4) is 0 Å². The van der Waals surface area contributed by atoms with E-state index in [1.54, 1.807) is 31.2 Å². The Morgan fingerprint density at radius 3 is 2.55 bits per heavy atom. The van der Waals surface area contributed by atoms with E-state index in [0.717, 1.165) is 12.8 Å². The van der Waals surface area contributed by atoms with E-state index in [0.29, 0.717) is 23.9 Å². The van der Waals surface area contributed by atoms with Crippen LogP contribution in [-0.4, -0.2) is 36.5 Å². The van der Waals surface area contributed by atoms with Crippen LogP contribution in [0, 0.1) is 0 Å². The van der Waals surface area contributed by atoms with E-state index in [1.807, 2.05) is 0 Å². The Hall–Kier alpha value is -2.21. The molecule has 22 heavy (non-hydrogen) atoms. The number of ether oxygens (including phenoxy) is 1. The van der Waals surface area contributed by atoms with Crippen LogP contribution in [0.1, 0.15) is 36.5 Å². The number of hydrogen-bond acceptors (Lipinski definition) is 5. The van der Waals surface area contributed by atoms with Crippen molar-refractivity contribution in [1.29, 1.82) is 0 Å². The lowest BCUT2D eigenvalue weighted by atomic mass is 10.2. The van der Waals surface area contributed by atoms with Crippen LogP contribution in [0.25, 0.3) is 0 Å². The second-order valence-corrected chi connectivity index (χ2v) is 5.53. The van der Waals surface area contributed by atoms with Gasteiger partial charge in [0.1, 0.15) is 0 Å². The summed E-state index contributed by atoms with van der Waals surface area (Å²) in [7, 11) is 0. The minimum absolute atomic E-state index is 0.189. The Labute approximate surface area is 128 Å². The Balaban J connectivity index is 1.74. The number of benzene rings is 1. The number of nitrogens with zero attached hydrogens (tertiary/aromatic N) is 1. The lowest BCUT2D eigenvalue weighted by molar-refractivity contribution is -0.121. The maximum atomic E-state index is 12.4. The fourth-order valence-electron chi connectivity index (χ4n) is 2.53. The van der Waals surface area contributed by atoms with E-state index >= 15 is 0 Å². The average Bonchev–Trinajstić information content (AvgIpc) is 3.27. The molecule has 3 rings (SSSR count). The molecule has 1 aliphatic heterocycles. The van der Waals surface area contributed by atoms with Crippen molar-refractivity contribution in [3.63, 3.8) is 0 Å². The van der Waals surface area contributed by atoms with Crippen molar-refractivity contribution in [3.05, 3.63) is 29.8 Å². The first-order chi connectivity index (χ1) is 10.6. The summed E-state index contributed by atoms with van der Waals surface area (Å²) < 4.78 is 4.91. The number of amides is 2. The number of carbonyl (C=O) groups is 3. The molecule has 6 nitrogen and oxygen atoms in total. The zero-order valence-electron chi connectivity index (χ0n) is 12.4. The highest BCUT2D eigenvalue weighted by Crippen LogP contribution is 2.26. The highest BCUT2D eigenvalue weighted by Gasteiger charge is 2.41. The highest BCUT2D eigenvalue weighted by atomic mass is 16.5. The van der Waals surface area contributed by atoms with Crippen LogP contribution in [0.4, 0.5) is 5.69 Å². The number of imide groups is 1.